The maximum Gasteiger partial charge on any atom is 0.345 e. The van der Waals surface area contributed by atoms with E-state index in [9.17, 15) is 13.2 Å². The molecule has 1 heterocycles. The van der Waals surface area contributed by atoms with Crippen LogP contribution < -0.4 is 9.47 Å². The molecule has 8 nitrogen and oxygen atoms in total. The Morgan fingerprint density at radius 3 is 2.52 bits per heavy atom. The van der Waals surface area contributed by atoms with E-state index in [1.165, 1.54) is 28.6 Å². The third-order valence-corrected chi connectivity index (χ3v) is 7.08. The van der Waals surface area contributed by atoms with Crippen LogP contribution in [0.5, 0.6) is 11.5 Å². The summed E-state index contributed by atoms with van der Waals surface area (Å²) in [5, 5.41) is 8.87. The average Bonchev–Trinajstić information content (AvgIpc) is 2.75. The van der Waals surface area contributed by atoms with Crippen molar-refractivity contribution in [2.24, 2.45) is 0 Å². The topological polar surface area (TPSA) is 106 Å². The number of nitrogens with zero attached hydrogens (tertiary/aromatic N) is 2. The number of morpholine rings is 1. The van der Waals surface area contributed by atoms with Crippen molar-refractivity contribution in [1.29, 1.82) is 5.26 Å². The lowest BCUT2D eigenvalue weighted by atomic mass is 10.2. The highest BCUT2D eigenvalue weighted by Crippen LogP contribution is 2.33. The number of halogens is 2. The molecule has 0 unspecified atom stereocenters. The van der Waals surface area contributed by atoms with Gasteiger partial charge in [0.1, 0.15) is 4.90 Å². The first-order valence-corrected chi connectivity index (χ1v) is 11.4. The number of hydrogen-bond donors (Lipinski definition) is 0. The van der Waals surface area contributed by atoms with E-state index >= 15 is 0 Å². The number of esters is 1. The molecule has 0 aliphatic carbocycles. The molecule has 1 aliphatic heterocycles. The average molecular weight is 485 g/mol. The summed E-state index contributed by atoms with van der Waals surface area (Å²) in [6.45, 7) is 2.89. The summed E-state index contributed by atoms with van der Waals surface area (Å²) in [5.41, 5.74) is 0.149. The monoisotopic (exact) mass is 484 g/mol. The highest BCUT2D eigenvalue weighted by molar-refractivity contribution is 7.89. The lowest BCUT2D eigenvalue weighted by Gasteiger charge is -2.26. The van der Waals surface area contributed by atoms with E-state index in [1.807, 2.05) is 6.07 Å². The standard InChI is InChI=1S/C20H18Cl2N2O6S/c1-2-29-18-9-13(12-23)3-4-17(18)30-20(25)14-10-19(16(22)11-15(14)21)31(26,27)24-5-7-28-8-6-24/h3-4,9-11H,2,5-8H2,1H3. The number of sulfonamides is 1. The summed E-state index contributed by atoms with van der Waals surface area (Å²) in [6, 6.07) is 8.57. The molecule has 1 fully saturated rings. The highest BCUT2D eigenvalue weighted by atomic mass is 35.5. The van der Waals surface area contributed by atoms with Crippen molar-refractivity contribution >= 4 is 39.2 Å². The maximum absolute atomic E-state index is 13.0. The van der Waals surface area contributed by atoms with Crippen LogP contribution in [-0.2, 0) is 14.8 Å². The molecule has 0 spiro atoms. The Balaban J connectivity index is 1.96. The molecule has 2 aromatic rings. The molecule has 0 bridgehead atoms. The molecular weight excluding hydrogens is 467 g/mol. The zero-order valence-corrected chi connectivity index (χ0v) is 18.8. The molecule has 1 aliphatic rings. The molecular formula is C20H18Cl2N2O6S. The quantitative estimate of drug-likeness (QED) is 0.456. The van der Waals surface area contributed by atoms with Gasteiger partial charge in [-0.05, 0) is 31.2 Å². The Morgan fingerprint density at radius 2 is 1.87 bits per heavy atom. The van der Waals surface area contributed by atoms with Crippen LogP contribution >= 0.6 is 23.2 Å². The van der Waals surface area contributed by atoms with Gasteiger partial charge >= 0.3 is 5.97 Å². The van der Waals surface area contributed by atoms with Crippen LogP contribution in [0.4, 0.5) is 0 Å². The molecule has 0 atom stereocenters. The van der Waals surface area contributed by atoms with E-state index in [0.717, 1.165) is 6.07 Å². The van der Waals surface area contributed by atoms with Crippen molar-refractivity contribution in [2.75, 3.05) is 32.9 Å². The van der Waals surface area contributed by atoms with Crippen molar-refractivity contribution in [3.8, 4) is 17.6 Å². The Morgan fingerprint density at radius 1 is 1.16 bits per heavy atom. The molecule has 2 aromatic carbocycles. The smallest absolute Gasteiger partial charge is 0.345 e. The maximum atomic E-state index is 13.0. The van der Waals surface area contributed by atoms with Crippen LogP contribution in [0.1, 0.15) is 22.8 Å². The number of carbonyl (C=O) groups excluding carboxylic acids is 1. The van der Waals surface area contributed by atoms with Crippen molar-refractivity contribution < 1.29 is 27.4 Å². The number of rotatable bonds is 6. The second-order valence-corrected chi connectivity index (χ2v) is 9.10. The summed E-state index contributed by atoms with van der Waals surface area (Å²) in [6.07, 6.45) is 0. The number of hydrogen-bond acceptors (Lipinski definition) is 7. The van der Waals surface area contributed by atoms with E-state index < -0.39 is 16.0 Å². The minimum atomic E-state index is -3.97. The van der Waals surface area contributed by atoms with Gasteiger partial charge in [-0.1, -0.05) is 23.2 Å². The molecule has 0 aromatic heterocycles. The Bertz CT molecular complexity index is 1140. The number of ether oxygens (including phenoxy) is 3. The van der Waals surface area contributed by atoms with Gasteiger partial charge < -0.3 is 14.2 Å². The molecule has 0 saturated carbocycles. The Hall–Kier alpha value is -2.35. The lowest BCUT2D eigenvalue weighted by Crippen LogP contribution is -2.40. The summed E-state index contributed by atoms with van der Waals surface area (Å²) in [5.74, 6) is -0.638. The number of benzene rings is 2. The van der Waals surface area contributed by atoms with E-state index in [2.05, 4.69) is 0 Å². The Labute approximate surface area is 189 Å². The first kappa shape index (κ1) is 23.3. The van der Waals surface area contributed by atoms with Crippen LogP contribution in [0.2, 0.25) is 10.0 Å². The molecule has 164 valence electrons. The highest BCUT2D eigenvalue weighted by Gasteiger charge is 2.30. The van der Waals surface area contributed by atoms with E-state index in [1.54, 1.807) is 6.92 Å². The SMILES string of the molecule is CCOc1cc(C#N)ccc1OC(=O)c1cc(S(=O)(=O)N2CCOCC2)c(Cl)cc1Cl. The summed E-state index contributed by atoms with van der Waals surface area (Å²) >= 11 is 12.3. The summed E-state index contributed by atoms with van der Waals surface area (Å²) in [7, 11) is -3.97. The molecule has 11 heteroatoms. The van der Waals surface area contributed by atoms with Crippen molar-refractivity contribution in [3.05, 3.63) is 51.5 Å². The number of nitriles is 1. The van der Waals surface area contributed by atoms with Crippen LogP contribution in [0, 0.1) is 11.3 Å². The predicted octanol–water partition coefficient (Wildman–Crippen LogP) is 3.50. The van der Waals surface area contributed by atoms with Gasteiger partial charge in [0.2, 0.25) is 10.0 Å². The van der Waals surface area contributed by atoms with Gasteiger partial charge in [0.15, 0.2) is 11.5 Å². The van der Waals surface area contributed by atoms with Gasteiger partial charge in [0, 0.05) is 19.2 Å². The normalized spacial score (nSPS) is 14.6. The predicted molar refractivity (Wildman–Crippen MR) is 113 cm³/mol. The van der Waals surface area contributed by atoms with E-state index in [0.29, 0.717) is 5.56 Å². The molecule has 0 radical (unpaired) electrons. The minimum Gasteiger partial charge on any atom is -0.490 e. The van der Waals surface area contributed by atoms with Gasteiger partial charge in [-0.15, -0.1) is 0 Å². The largest absolute Gasteiger partial charge is 0.490 e. The fraction of sp³-hybridized carbons (Fsp3) is 0.300. The second kappa shape index (κ2) is 9.85. The van der Waals surface area contributed by atoms with Gasteiger partial charge in [-0.2, -0.15) is 9.57 Å². The fourth-order valence-corrected chi connectivity index (χ4v) is 5.13. The summed E-state index contributed by atoms with van der Waals surface area (Å²) < 4.78 is 43.2. The number of carbonyl (C=O) groups is 1. The van der Waals surface area contributed by atoms with E-state index in [-0.39, 0.29) is 64.9 Å². The third kappa shape index (κ3) is 5.11. The van der Waals surface area contributed by atoms with Crippen LogP contribution in [-0.4, -0.2) is 51.6 Å². The second-order valence-electron chi connectivity index (χ2n) is 6.37. The molecule has 3 rings (SSSR count). The first-order chi connectivity index (χ1) is 14.8. The van der Waals surface area contributed by atoms with Crippen molar-refractivity contribution in [1.82, 2.24) is 4.31 Å². The third-order valence-electron chi connectivity index (χ3n) is 4.40. The molecule has 1 saturated heterocycles. The zero-order chi connectivity index (χ0) is 22.6. The zero-order valence-electron chi connectivity index (χ0n) is 16.4. The van der Waals surface area contributed by atoms with Crippen LogP contribution in [0.3, 0.4) is 0 Å². The fourth-order valence-electron chi connectivity index (χ4n) is 2.89. The molecule has 31 heavy (non-hydrogen) atoms. The lowest BCUT2D eigenvalue weighted by molar-refractivity contribution is 0.0724. The first-order valence-electron chi connectivity index (χ1n) is 9.24. The van der Waals surface area contributed by atoms with Crippen molar-refractivity contribution in [3.63, 3.8) is 0 Å². The van der Waals surface area contributed by atoms with Gasteiger partial charge in [-0.3, -0.25) is 0 Å². The Kier molecular flexibility index (Phi) is 7.41. The molecule has 0 N–H and O–H groups in total. The van der Waals surface area contributed by atoms with Gasteiger partial charge in [-0.25, -0.2) is 13.2 Å². The van der Waals surface area contributed by atoms with Crippen molar-refractivity contribution in [2.45, 2.75) is 11.8 Å². The summed E-state index contributed by atoms with van der Waals surface area (Å²) in [4.78, 5) is 12.6. The van der Waals surface area contributed by atoms with Gasteiger partial charge in [0.25, 0.3) is 0 Å². The van der Waals surface area contributed by atoms with Crippen LogP contribution in [0.25, 0.3) is 0 Å². The molecule has 0 amide bonds. The minimum absolute atomic E-state index is 0.0643. The van der Waals surface area contributed by atoms with E-state index in [4.69, 9.17) is 42.7 Å². The van der Waals surface area contributed by atoms with Gasteiger partial charge in [0.05, 0.1) is 47.1 Å². The van der Waals surface area contributed by atoms with Crippen LogP contribution in [0.15, 0.2) is 35.2 Å².